The third kappa shape index (κ3) is 5.63. The van der Waals surface area contributed by atoms with Crippen molar-refractivity contribution in [3.05, 3.63) is 64.1 Å². The number of carbonyl (C=O) groups is 1. The maximum absolute atomic E-state index is 12.3. The van der Waals surface area contributed by atoms with Crippen LogP contribution in [0.4, 0.5) is 5.69 Å². The Balaban J connectivity index is 2.19. The molecule has 0 bridgehead atoms. The molecule has 5 nitrogen and oxygen atoms in total. The molecule has 1 unspecified atom stereocenters. The highest BCUT2D eigenvalue weighted by atomic mass is 35.5. The Labute approximate surface area is 157 Å². The quantitative estimate of drug-likeness (QED) is 0.804. The van der Waals surface area contributed by atoms with E-state index in [0.717, 1.165) is 16.1 Å². The summed E-state index contributed by atoms with van der Waals surface area (Å²) in [5, 5.41) is 3.36. The molecule has 2 rings (SSSR count). The molecule has 0 spiro atoms. The van der Waals surface area contributed by atoms with Crippen molar-refractivity contribution in [3.8, 4) is 0 Å². The second-order valence-corrected chi connectivity index (χ2v) is 8.38. The lowest BCUT2D eigenvalue weighted by atomic mass is 10.1. The Morgan fingerprint density at radius 2 is 1.68 bits per heavy atom. The summed E-state index contributed by atoms with van der Waals surface area (Å²) in [5.41, 5.74) is 1.16. The number of sulfonamides is 1. The van der Waals surface area contributed by atoms with Gasteiger partial charge in [0.25, 0.3) is 0 Å². The molecule has 1 atom stereocenters. The van der Waals surface area contributed by atoms with Crippen LogP contribution in [0.5, 0.6) is 0 Å². The molecule has 0 aliphatic carbocycles. The van der Waals surface area contributed by atoms with Crippen molar-refractivity contribution in [2.75, 3.05) is 17.1 Å². The fourth-order valence-corrected chi connectivity index (χ4v) is 3.68. The zero-order valence-electron chi connectivity index (χ0n) is 13.7. The minimum absolute atomic E-state index is 0.238. The Morgan fingerprint density at radius 1 is 1.12 bits per heavy atom. The van der Waals surface area contributed by atoms with E-state index >= 15 is 0 Å². The first-order valence-corrected chi connectivity index (χ1v) is 10.1. The lowest BCUT2D eigenvalue weighted by molar-refractivity contribution is -0.120. The van der Waals surface area contributed by atoms with E-state index in [1.165, 1.54) is 18.2 Å². The van der Waals surface area contributed by atoms with E-state index in [1.54, 1.807) is 0 Å². The van der Waals surface area contributed by atoms with Crippen LogP contribution >= 0.6 is 23.2 Å². The predicted octanol–water partition coefficient (Wildman–Crippen LogP) is 3.64. The van der Waals surface area contributed by atoms with Gasteiger partial charge in [-0.05, 0) is 30.7 Å². The zero-order valence-corrected chi connectivity index (χ0v) is 16.1. The fraction of sp³-hybridized carbons (Fsp3) is 0.235. The van der Waals surface area contributed by atoms with Crippen molar-refractivity contribution in [3.63, 3.8) is 0 Å². The number of rotatable bonds is 6. The van der Waals surface area contributed by atoms with Crippen molar-refractivity contribution >= 4 is 44.8 Å². The second-order valence-electron chi connectivity index (χ2n) is 5.60. The summed E-state index contributed by atoms with van der Waals surface area (Å²) in [6.45, 7) is 1.46. The Hall–Kier alpha value is -1.76. The van der Waals surface area contributed by atoms with Gasteiger partial charge in [-0.15, -0.1) is 0 Å². The normalized spacial score (nSPS) is 12.5. The number of amides is 1. The highest BCUT2D eigenvalue weighted by Crippen LogP contribution is 2.27. The van der Waals surface area contributed by atoms with Crippen molar-refractivity contribution in [2.45, 2.75) is 13.0 Å². The molecule has 0 radical (unpaired) electrons. The molecule has 0 aliphatic rings. The van der Waals surface area contributed by atoms with E-state index in [-0.39, 0.29) is 28.3 Å². The van der Waals surface area contributed by atoms with Gasteiger partial charge in [-0.25, -0.2) is 8.42 Å². The molecule has 0 heterocycles. The highest BCUT2D eigenvalue weighted by molar-refractivity contribution is 7.92. The third-order valence-corrected chi connectivity index (χ3v) is 5.08. The van der Waals surface area contributed by atoms with Gasteiger partial charge >= 0.3 is 0 Å². The van der Waals surface area contributed by atoms with Gasteiger partial charge in [-0.1, -0.05) is 53.5 Å². The smallest absolute Gasteiger partial charge is 0.241 e. The Kier molecular flexibility index (Phi) is 6.32. The van der Waals surface area contributed by atoms with E-state index in [9.17, 15) is 13.2 Å². The molecule has 2 aromatic carbocycles. The van der Waals surface area contributed by atoms with E-state index < -0.39 is 15.9 Å². The summed E-state index contributed by atoms with van der Waals surface area (Å²) < 4.78 is 25.2. The van der Waals surface area contributed by atoms with Crippen LogP contribution in [0.1, 0.15) is 18.5 Å². The summed E-state index contributed by atoms with van der Waals surface area (Å²) in [6.07, 6.45) is 1.02. The molecule has 0 saturated heterocycles. The van der Waals surface area contributed by atoms with Crippen LogP contribution in [0.3, 0.4) is 0 Å². The highest BCUT2D eigenvalue weighted by Gasteiger charge is 2.22. The first-order chi connectivity index (χ1) is 11.7. The Morgan fingerprint density at radius 3 is 2.20 bits per heavy atom. The molecule has 8 heteroatoms. The van der Waals surface area contributed by atoms with Gasteiger partial charge in [0.05, 0.1) is 18.0 Å². The van der Waals surface area contributed by atoms with Crippen LogP contribution < -0.4 is 9.62 Å². The number of nitrogens with zero attached hydrogens (tertiary/aromatic N) is 1. The molecule has 2 aromatic rings. The molecule has 1 N–H and O–H groups in total. The first kappa shape index (κ1) is 19.6. The number of halogens is 2. The van der Waals surface area contributed by atoms with E-state index in [0.29, 0.717) is 0 Å². The van der Waals surface area contributed by atoms with Gasteiger partial charge in [0.1, 0.15) is 6.54 Å². The van der Waals surface area contributed by atoms with Crippen molar-refractivity contribution < 1.29 is 13.2 Å². The van der Waals surface area contributed by atoms with Gasteiger partial charge in [0.2, 0.25) is 15.9 Å². The first-order valence-electron chi connectivity index (χ1n) is 7.45. The van der Waals surface area contributed by atoms with Gasteiger partial charge in [0, 0.05) is 10.0 Å². The van der Waals surface area contributed by atoms with E-state index in [1.807, 2.05) is 37.3 Å². The van der Waals surface area contributed by atoms with Gasteiger partial charge in [-0.3, -0.25) is 9.10 Å². The number of hydrogen-bond acceptors (Lipinski definition) is 3. The minimum atomic E-state index is -3.69. The lowest BCUT2D eigenvalue weighted by Crippen LogP contribution is -2.41. The summed E-state index contributed by atoms with van der Waals surface area (Å²) in [4.78, 5) is 12.3. The maximum atomic E-state index is 12.3. The van der Waals surface area contributed by atoms with Crippen molar-refractivity contribution in [2.24, 2.45) is 0 Å². The van der Waals surface area contributed by atoms with Gasteiger partial charge in [0.15, 0.2) is 0 Å². The predicted molar refractivity (Wildman–Crippen MR) is 102 cm³/mol. The number of benzene rings is 2. The SMILES string of the molecule is CC(NC(=O)CN(c1cc(Cl)cc(Cl)c1)S(C)(=O)=O)c1ccccc1. The van der Waals surface area contributed by atoms with Gasteiger partial charge < -0.3 is 5.32 Å². The Bertz CT molecular complexity index is 837. The number of carbonyl (C=O) groups excluding carboxylic acids is 1. The molecular weight excluding hydrogens is 383 g/mol. The van der Waals surface area contributed by atoms with Crippen LogP contribution in [0.15, 0.2) is 48.5 Å². The van der Waals surface area contributed by atoms with E-state index in [2.05, 4.69) is 5.32 Å². The largest absolute Gasteiger partial charge is 0.348 e. The van der Waals surface area contributed by atoms with Crippen molar-refractivity contribution in [1.29, 1.82) is 0 Å². The van der Waals surface area contributed by atoms with E-state index in [4.69, 9.17) is 23.2 Å². The minimum Gasteiger partial charge on any atom is -0.348 e. The molecule has 0 fully saturated rings. The summed E-state index contributed by atoms with van der Waals surface area (Å²) in [6, 6.07) is 13.5. The molecule has 1 amide bonds. The van der Waals surface area contributed by atoms with Crippen molar-refractivity contribution in [1.82, 2.24) is 5.32 Å². The molecular formula is C17H18Cl2N2O3S. The average Bonchev–Trinajstić information content (AvgIpc) is 2.51. The van der Waals surface area contributed by atoms with Crippen LogP contribution in [0.2, 0.25) is 10.0 Å². The van der Waals surface area contributed by atoms with Crippen LogP contribution in [0, 0.1) is 0 Å². The molecule has 0 saturated carbocycles. The number of anilines is 1. The maximum Gasteiger partial charge on any atom is 0.241 e. The number of hydrogen-bond donors (Lipinski definition) is 1. The van der Waals surface area contributed by atoms with Crippen LogP contribution in [0.25, 0.3) is 0 Å². The number of nitrogens with one attached hydrogen (secondary N) is 1. The summed E-state index contributed by atoms with van der Waals surface area (Å²) >= 11 is 11.9. The standard InChI is InChI=1S/C17H18Cl2N2O3S/c1-12(13-6-4-3-5-7-13)20-17(22)11-21(25(2,23)24)16-9-14(18)8-15(19)10-16/h3-10,12H,11H2,1-2H3,(H,20,22). The summed E-state index contributed by atoms with van der Waals surface area (Å²) in [5.74, 6) is -0.433. The molecule has 25 heavy (non-hydrogen) atoms. The fourth-order valence-electron chi connectivity index (χ4n) is 2.33. The summed E-state index contributed by atoms with van der Waals surface area (Å²) in [7, 11) is -3.69. The topological polar surface area (TPSA) is 66.5 Å². The lowest BCUT2D eigenvalue weighted by Gasteiger charge is -2.23. The second kappa shape index (κ2) is 8.08. The third-order valence-electron chi connectivity index (χ3n) is 3.50. The zero-order chi connectivity index (χ0) is 18.6. The molecule has 134 valence electrons. The molecule has 0 aliphatic heterocycles. The molecule has 0 aromatic heterocycles. The van der Waals surface area contributed by atoms with Crippen LogP contribution in [-0.4, -0.2) is 27.1 Å². The van der Waals surface area contributed by atoms with Crippen LogP contribution in [-0.2, 0) is 14.8 Å². The average molecular weight is 401 g/mol. The monoisotopic (exact) mass is 400 g/mol. The van der Waals surface area contributed by atoms with Gasteiger partial charge in [-0.2, -0.15) is 0 Å².